The van der Waals surface area contributed by atoms with Gasteiger partial charge in [0.2, 0.25) is 5.91 Å². The third-order valence-corrected chi connectivity index (χ3v) is 3.17. The van der Waals surface area contributed by atoms with Crippen LogP contribution in [0.2, 0.25) is 0 Å². The maximum atomic E-state index is 13.4. The summed E-state index contributed by atoms with van der Waals surface area (Å²) in [4.78, 5) is 15.6. The van der Waals surface area contributed by atoms with E-state index < -0.39 is 5.82 Å². The maximum Gasteiger partial charge on any atom is 0.228 e. The first-order valence-electron chi connectivity index (χ1n) is 6.33. The second kappa shape index (κ2) is 5.24. The molecule has 2 heterocycles. The summed E-state index contributed by atoms with van der Waals surface area (Å²) in [7, 11) is 0. The lowest BCUT2D eigenvalue weighted by Gasteiger charge is -2.05. The average molecular weight is 285 g/mol. The zero-order valence-electron chi connectivity index (χ0n) is 11.0. The van der Waals surface area contributed by atoms with Crippen LogP contribution in [-0.2, 0) is 11.2 Å². The minimum Gasteiger partial charge on any atom is -0.428 e. The Morgan fingerprint density at radius 3 is 2.95 bits per heavy atom. The highest BCUT2D eigenvalue weighted by molar-refractivity contribution is 5.95. The molecule has 0 spiro atoms. The number of para-hydroxylation sites is 1. The Balaban J connectivity index is 1.82. The summed E-state index contributed by atoms with van der Waals surface area (Å²) in [6.07, 6.45) is 3.95. The third kappa shape index (κ3) is 2.55. The maximum absolute atomic E-state index is 13.4. The van der Waals surface area contributed by atoms with E-state index in [0.717, 1.165) is 16.3 Å². The van der Waals surface area contributed by atoms with Gasteiger partial charge in [-0.15, -0.1) is 0 Å². The quantitative estimate of drug-likeness (QED) is 0.727. The van der Waals surface area contributed by atoms with Crippen molar-refractivity contribution in [2.24, 2.45) is 0 Å². The molecule has 3 rings (SSSR count). The number of fused-ring (bicyclic) bond motifs is 1. The largest absolute Gasteiger partial charge is 0.428 e. The van der Waals surface area contributed by atoms with Crippen LogP contribution in [0.3, 0.4) is 0 Å². The molecule has 0 aliphatic rings. The molecule has 1 amide bonds. The molecule has 0 bridgehead atoms. The molecule has 0 unspecified atom stereocenters. The smallest absolute Gasteiger partial charge is 0.228 e. The van der Waals surface area contributed by atoms with Crippen LogP contribution in [0.4, 0.5) is 10.1 Å². The number of nitrogens with one attached hydrogen (secondary N) is 1. The van der Waals surface area contributed by atoms with Crippen molar-refractivity contribution in [1.82, 2.24) is 9.71 Å². The minimum absolute atomic E-state index is 0.0375. The second-order valence-corrected chi connectivity index (χ2v) is 4.60. The van der Waals surface area contributed by atoms with E-state index in [0.29, 0.717) is 11.1 Å². The van der Waals surface area contributed by atoms with Gasteiger partial charge >= 0.3 is 0 Å². The molecule has 0 aliphatic carbocycles. The van der Waals surface area contributed by atoms with E-state index >= 15 is 0 Å². The van der Waals surface area contributed by atoms with Crippen molar-refractivity contribution in [2.75, 3.05) is 5.32 Å². The van der Waals surface area contributed by atoms with Crippen LogP contribution in [0.1, 0.15) is 5.56 Å². The molecule has 2 aromatic heterocycles. The van der Waals surface area contributed by atoms with Crippen molar-refractivity contribution in [2.45, 2.75) is 6.42 Å². The fraction of sp³-hybridized carbons (Fsp3) is 0.0667. The van der Waals surface area contributed by atoms with Crippen LogP contribution in [0.25, 0.3) is 10.9 Å². The molecular weight excluding hydrogens is 273 g/mol. The highest BCUT2D eigenvalue weighted by Crippen LogP contribution is 2.21. The number of halogens is 1. The molecule has 2 N–H and O–H groups in total. The fourth-order valence-corrected chi connectivity index (χ4v) is 2.22. The molecule has 0 atom stereocenters. The molecule has 21 heavy (non-hydrogen) atoms. The lowest BCUT2D eigenvalue weighted by atomic mass is 10.1. The predicted molar refractivity (Wildman–Crippen MR) is 75.7 cm³/mol. The number of aromatic nitrogens is 2. The van der Waals surface area contributed by atoms with Crippen molar-refractivity contribution >= 4 is 22.5 Å². The minimum atomic E-state index is -0.588. The van der Waals surface area contributed by atoms with E-state index in [4.69, 9.17) is 0 Å². The van der Waals surface area contributed by atoms with Crippen LogP contribution < -0.4 is 5.32 Å². The van der Waals surface area contributed by atoms with E-state index in [9.17, 15) is 14.4 Å². The van der Waals surface area contributed by atoms with Gasteiger partial charge in [-0.25, -0.2) is 4.39 Å². The number of carbonyl (C=O) groups excluding carboxylic acids is 1. The Hall–Kier alpha value is -2.89. The summed E-state index contributed by atoms with van der Waals surface area (Å²) < 4.78 is 14.4. The van der Waals surface area contributed by atoms with Gasteiger partial charge in [0.15, 0.2) is 5.82 Å². The van der Waals surface area contributed by atoms with E-state index in [2.05, 4.69) is 10.3 Å². The molecule has 0 radical (unpaired) electrons. The Morgan fingerprint density at radius 1 is 1.33 bits per heavy atom. The molecule has 0 fully saturated rings. The predicted octanol–water partition coefficient (Wildman–Crippen LogP) is 2.59. The van der Waals surface area contributed by atoms with E-state index in [1.807, 2.05) is 12.1 Å². The van der Waals surface area contributed by atoms with Gasteiger partial charge in [0, 0.05) is 17.8 Å². The Bertz CT molecular complexity index is 814. The summed E-state index contributed by atoms with van der Waals surface area (Å²) in [6.45, 7) is 0. The summed E-state index contributed by atoms with van der Waals surface area (Å²) >= 11 is 0. The second-order valence-electron chi connectivity index (χ2n) is 4.60. The molecule has 0 saturated carbocycles. The molecular formula is C15H12FN3O2. The van der Waals surface area contributed by atoms with Gasteiger partial charge in [-0.3, -0.25) is 9.78 Å². The first-order chi connectivity index (χ1) is 10.1. The molecule has 1 aromatic carbocycles. The van der Waals surface area contributed by atoms with Crippen LogP contribution in [-0.4, -0.2) is 20.8 Å². The number of hydrogen-bond acceptors (Lipinski definition) is 3. The van der Waals surface area contributed by atoms with Gasteiger partial charge in [0.25, 0.3) is 0 Å². The van der Waals surface area contributed by atoms with Crippen molar-refractivity contribution < 1.29 is 14.4 Å². The highest BCUT2D eigenvalue weighted by Gasteiger charge is 2.12. The van der Waals surface area contributed by atoms with Gasteiger partial charge < -0.3 is 10.5 Å². The number of rotatable bonds is 3. The van der Waals surface area contributed by atoms with E-state index in [1.54, 1.807) is 12.1 Å². The number of nitrogens with zero attached hydrogens (tertiary/aromatic N) is 2. The Morgan fingerprint density at radius 2 is 2.14 bits per heavy atom. The van der Waals surface area contributed by atoms with Crippen LogP contribution in [0.15, 0.2) is 48.9 Å². The lowest BCUT2D eigenvalue weighted by molar-refractivity contribution is -0.115. The molecule has 3 aromatic rings. The van der Waals surface area contributed by atoms with Crippen molar-refractivity contribution in [3.05, 3.63) is 60.3 Å². The normalized spacial score (nSPS) is 10.7. The monoisotopic (exact) mass is 285 g/mol. The van der Waals surface area contributed by atoms with Gasteiger partial charge in [0.1, 0.15) is 0 Å². The average Bonchev–Trinajstić information content (AvgIpc) is 2.79. The molecule has 0 saturated heterocycles. The Kier molecular flexibility index (Phi) is 3.27. The number of anilines is 1. The standard InChI is InChI=1S/C15H12FN3O2/c16-12-8-17-6-5-13(12)18-15(20)7-10-9-19(21)14-4-2-1-3-11(10)14/h1-6,8-9,21H,7H2,(H,17,18,20). The summed E-state index contributed by atoms with van der Waals surface area (Å²) in [5, 5.41) is 13.0. The van der Waals surface area contributed by atoms with E-state index in [1.165, 1.54) is 18.5 Å². The zero-order valence-corrected chi connectivity index (χ0v) is 11.0. The highest BCUT2D eigenvalue weighted by atomic mass is 19.1. The van der Waals surface area contributed by atoms with Gasteiger partial charge in [-0.05, 0) is 17.7 Å². The van der Waals surface area contributed by atoms with Crippen molar-refractivity contribution in [3.63, 3.8) is 0 Å². The van der Waals surface area contributed by atoms with Crippen LogP contribution in [0, 0.1) is 5.82 Å². The van der Waals surface area contributed by atoms with Crippen molar-refractivity contribution in [3.8, 4) is 0 Å². The SMILES string of the molecule is O=C(Cc1cn(O)c2ccccc12)Nc1ccncc1F. The van der Waals surface area contributed by atoms with Crippen LogP contribution in [0.5, 0.6) is 0 Å². The number of hydrogen-bond donors (Lipinski definition) is 2. The molecule has 6 heteroatoms. The summed E-state index contributed by atoms with van der Waals surface area (Å²) in [5.74, 6) is -0.952. The Labute approximate surface area is 119 Å². The summed E-state index contributed by atoms with van der Waals surface area (Å²) in [5.41, 5.74) is 1.37. The van der Waals surface area contributed by atoms with Crippen LogP contribution >= 0.6 is 0 Å². The first kappa shape index (κ1) is 13.1. The number of benzene rings is 1. The number of carbonyl (C=O) groups is 1. The topological polar surface area (TPSA) is 67.2 Å². The number of amides is 1. The van der Waals surface area contributed by atoms with Gasteiger partial charge in [-0.2, -0.15) is 4.73 Å². The summed E-state index contributed by atoms with van der Waals surface area (Å²) in [6, 6.07) is 8.58. The van der Waals surface area contributed by atoms with Gasteiger partial charge in [-0.1, -0.05) is 18.2 Å². The van der Waals surface area contributed by atoms with Crippen molar-refractivity contribution in [1.29, 1.82) is 0 Å². The molecule has 5 nitrogen and oxygen atoms in total. The first-order valence-corrected chi connectivity index (χ1v) is 6.33. The molecule has 0 aliphatic heterocycles. The molecule has 106 valence electrons. The van der Waals surface area contributed by atoms with E-state index in [-0.39, 0.29) is 18.0 Å². The fourth-order valence-electron chi connectivity index (χ4n) is 2.22. The van der Waals surface area contributed by atoms with Gasteiger partial charge in [0.05, 0.1) is 23.8 Å². The lowest BCUT2D eigenvalue weighted by Crippen LogP contribution is -2.15. The third-order valence-electron chi connectivity index (χ3n) is 3.17. The zero-order chi connectivity index (χ0) is 14.8. The number of pyridine rings is 1.